The van der Waals surface area contributed by atoms with Crippen LogP contribution in [0.15, 0.2) is 60.7 Å². The highest BCUT2D eigenvalue weighted by Gasteiger charge is 2.33. The first kappa shape index (κ1) is 29.3. The number of aromatic hydroxyl groups is 1. The van der Waals surface area contributed by atoms with E-state index in [9.17, 15) is 5.11 Å². The van der Waals surface area contributed by atoms with E-state index >= 15 is 0 Å². The van der Waals surface area contributed by atoms with Gasteiger partial charge in [0, 0.05) is 30.7 Å². The Bertz CT molecular complexity index is 1740. The van der Waals surface area contributed by atoms with Crippen LogP contribution in [0.5, 0.6) is 46.0 Å². The third kappa shape index (κ3) is 5.32. The Morgan fingerprint density at radius 2 is 1.31 bits per heavy atom. The second-order valence-corrected chi connectivity index (χ2v) is 12.3. The average Bonchev–Trinajstić information content (AvgIpc) is 3.05. The number of fused-ring (bicyclic) bond motifs is 2. The first-order valence-corrected chi connectivity index (χ1v) is 15.5. The minimum atomic E-state index is 0.00569. The van der Waals surface area contributed by atoms with E-state index in [1.807, 2.05) is 24.3 Å². The third-order valence-electron chi connectivity index (χ3n) is 9.68. The maximum absolute atomic E-state index is 11.5. The van der Waals surface area contributed by atoms with Crippen molar-refractivity contribution in [3.8, 4) is 46.0 Å². The molecule has 0 aliphatic carbocycles. The Labute approximate surface area is 264 Å². The van der Waals surface area contributed by atoms with Gasteiger partial charge in [0.25, 0.3) is 0 Å². The highest BCUT2D eigenvalue weighted by molar-refractivity contribution is 5.62. The molecule has 4 aromatic rings. The normalized spacial score (nSPS) is 19.4. The summed E-state index contributed by atoms with van der Waals surface area (Å²) in [6, 6.07) is 20.7. The molecule has 45 heavy (non-hydrogen) atoms. The molecule has 0 saturated carbocycles. The maximum Gasteiger partial charge on any atom is 0.201 e. The minimum Gasteiger partial charge on any atom is -0.502 e. The number of hydrogen-bond donors (Lipinski definition) is 1. The molecule has 2 atom stereocenters. The van der Waals surface area contributed by atoms with Crippen LogP contribution in [0.3, 0.4) is 0 Å². The lowest BCUT2D eigenvalue weighted by Gasteiger charge is -2.37. The van der Waals surface area contributed by atoms with Crippen LogP contribution in [0.25, 0.3) is 0 Å². The Morgan fingerprint density at radius 1 is 0.667 bits per heavy atom. The molecular weight excluding hydrogens is 568 g/mol. The zero-order valence-electron chi connectivity index (χ0n) is 26.6. The van der Waals surface area contributed by atoms with Crippen molar-refractivity contribution >= 4 is 0 Å². The molecule has 4 aliphatic heterocycles. The molecule has 0 spiro atoms. The number of nitrogens with zero attached hydrogens (tertiary/aromatic N) is 2. The van der Waals surface area contributed by atoms with E-state index in [-0.39, 0.29) is 17.8 Å². The van der Waals surface area contributed by atoms with Crippen molar-refractivity contribution in [1.82, 2.24) is 9.80 Å². The van der Waals surface area contributed by atoms with Crippen LogP contribution in [-0.2, 0) is 25.7 Å². The van der Waals surface area contributed by atoms with Gasteiger partial charge in [-0.1, -0.05) is 18.2 Å². The van der Waals surface area contributed by atoms with Crippen LogP contribution in [-0.4, -0.2) is 63.4 Å². The maximum atomic E-state index is 11.5. The van der Waals surface area contributed by atoms with Crippen LogP contribution in [0.1, 0.15) is 45.5 Å². The molecule has 1 N–H and O–H groups in total. The van der Waals surface area contributed by atoms with Crippen molar-refractivity contribution in [2.45, 2.75) is 37.8 Å². The van der Waals surface area contributed by atoms with Gasteiger partial charge in [-0.2, -0.15) is 0 Å². The molecular formula is C37H40N2O6. The van der Waals surface area contributed by atoms with Gasteiger partial charge in [-0.25, -0.2) is 0 Å². The number of phenols is 1. The highest BCUT2D eigenvalue weighted by atomic mass is 16.5. The lowest BCUT2D eigenvalue weighted by molar-refractivity contribution is 0.224. The molecule has 234 valence electrons. The summed E-state index contributed by atoms with van der Waals surface area (Å²) in [5.41, 5.74) is 6.80. The quantitative estimate of drug-likeness (QED) is 0.271. The van der Waals surface area contributed by atoms with Crippen LogP contribution >= 0.6 is 0 Å². The van der Waals surface area contributed by atoms with E-state index in [1.54, 1.807) is 21.3 Å². The zero-order valence-corrected chi connectivity index (χ0v) is 26.6. The first-order valence-electron chi connectivity index (χ1n) is 15.5. The summed E-state index contributed by atoms with van der Waals surface area (Å²) in [6.45, 7) is 1.75. The van der Waals surface area contributed by atoms with Gasteiger partial charge in [0.2, 0.25) is 5.75 Å². The summed E-state index contributed by atoms with van der Waals surface area (Å²) < 4.78 is 30.4. The van der Waals surface area contributed by atoms with Gasteiger partial charge in [-0.3, -0.25) is 9.80 Å². The third-order valence-corrected chi connectivity index (χ3v) is 9.68. The molecule has 0 aromatic heterocycles. The van der Waals surface area contributed by atoms with Crippen molar-refractivity contribution in [2.24, 2.45) is 0 Å². The summed E-state index contributed by atoms with van der Waals surface area (Å²) in [7, 11) is 9.22. The molecule has 4 aliphatic rings. The van der Waals surface area contributed by atoms with Crippen molar-refractivity contribution in [3.05, 3.63) is 94.0 Å². The van der Waals surface area contributed by atoms with Crippen molar-refractivity contribution in [1.29, 1.82) is 0 Å². The second kappa shape index (κ2) is 11.8. The largest absolute Gasteiger partial charge is 0.502 e. The molecule has 0 radical (unpaired) electrons. The van der Waals surface area contributed by atoms with Gasteiger partial charge in [0.05, 0.1) is 21.3 Å². The van der Waals surface area contributed by atoms with Gasteiger partial charge in [0.1, 0.15) is 5.75 Å². The molecule has 0 saturated heterocycles. The van der Waals surface area contributed by atoms with E-state index in [0.717, 1.165) is 61.2 Å². The van der Waals surface area contributed by atoms with Crippen LogP contribution in [0, 0.1) is 0 Å². The number of rotatable bonds is 3. The molecule has 8 rings (SSSR count). The number of benzene rings is 4. The fourth-order valence-corrected chi connectivity index (χ4v) is 7.10. The predicted octanol–water partition coefficient (Wildman–Crippen LogP) is 6.86. The van der Waals surface area contributed by atoms with Crippen LogP contribution < -0.4 is 23.7 Å². The van der Waals surface area contributed by atoms with Gasteiger partial charge in [-0.05, 0) is 110 Å². The topological polar surface area (TPSA) is 72.9 Å². The summed E-state index contributed by atoms with van der Waals surface area (Å²) in [5.74, 6) is 4.18. The Hall–Kier alpha value is -4.40. The number of likely N-dealkylation sites (N-methyl/N-ethyl adjacent to an activating group) is 2. The smallest absolute Gasteiger partial charge is 0.201 e. The van der Waals surface area contributed by atoms with Crippen LogP contribution in [0.4, 0.5) is 0 Å². The van der Waals surface area contributed by atoms with Gasteiger partial charge < -0.3 is 28.8 Å². The van der Waals surface area contributed by atoms with Gasteiger partial charge in [0.15, 0.2) is 34.5 Å². The van der Waals surface area contributed by atoms with Crippen molar-refractivity contribution in [3.63, 3.8) is 0 Å². The standard InChI is InChI=1S/C37H40N2O6/c1-38-14-12-24-19-32(42-4)34-20-27(24)29(38)17-23-8-11-31(41-3)33(18-23)44-25-9-6-22(7-10-25)16-30-28-21-35(43-5)36(40)37(45-34)26(28)13-15-39(30)2/h6-11,18-21,29-30,40H,12-17H2,1-5H3/t29-,30-/m1/s1. The van der Waals surface area contributed by atoms with E-state index in [4.69, 9.17) is 23.7 Å². The molecule has 8 nitrogen and oxygen atoms in total. The number of hydrogen-bond acceptors (Lipinski definition) is 8. The Kier molecular flexibility index (Phi) is 7.71. The van der Waals surface area contributed by atoms with Crippen LogP contribution in [0.2, 0.25) is 0 Å². The fourth-order valence-electron chi connectivity index (χ4n) is 7.10. The minimum absolute atomic E-state index is 0.00569. The Balaban J connectivity index is 1.44. The van der Waals surface area contributed by atoms with Gasteiger partial charge >= 0.3 is 0 Å². The molecule has 0 fully saturated rings. The van der Waals surface area contributed by atoms with E-state index in [1.165, 1.54) is 16.7 Å². The SMILES string of the molecule is COc1ccc2cc1Oc1ccc(cc1)C[C@@H]1c3cc(OC)c(O)c(c3CCN1C)Oc1cc3c(cc1OC)CCN(C)[C@@H]3C2. The molecule has 0 amide bonds. The highest BCUT2D eigenvalue weighted by Crippen LogP contribution is 2.50. The summed E-state index contributed by atoms with van der Waals surface area (Å²) in [5, 5.41) is 11.5. The van der Waals surface area contributed by atoms with Gasteiger partial charge in [-0.15, -0.1) is 0 Å². The van der Waals surface area contributed by atoms with Crippen molar-refractivity contribution in [2.75, 3.05) is 48.5 Å². The lowest BCUT2D eigenvalue weighted by atomic mass is 9.87. The molecule has 0 unspecified atom stereocenters. The first-order chi connectivity index (χ1) is 21.9. The average molecular weight is 609 g/mol. The predicted molar refractivity (Wildman–Crippen MR) is 173 cm³/mol. The number of methoxy groups -OCH3 is 3. The lowest BCUT2D eigenvalue weighted by Crippen LogP contribution is -2.34. The molecule has 4 aromatic carbocycles. The molecule has 10 bridgehead atoms. The van der Waals surface area contributed by atoms with E-state index in [2.05, 4.69) is 60.3 Å². The second-order valence-electron chi connectivity index (χ2n) is 12.3. The van der Waals surface area contributed by atoms with E-state index < -0.39 is 0 Å². The number of ether oxygens (including phenoxy) is 5. The Morgan fingerprint density at radius 3 is 2.04 bits per heavy atom. The summed E-state index contributed by atoms with van der Waals surface area (Å²) in [4.78, 5) is 4.74. The monoisotopic (exact) mass is 608 g/mol. The molecule has 8 heteroatoms. The zero-order chi connectivity index (χ0) is 31.2. The summed E-state index contributed by atoms with van der Waals surface area (Å²) >= 11 is 0. The molecule has 4 heterocycles. The number of phenolic OH excluding ortho intramolecular Hbond substituents is 1. The summed E-state index contributed by atoms with van der Waals surface area (Å²) in [6.07, 6.45) is 3.17. The fraction of sp³-hybridized carbons (Fsp3) is 0.351. The van der Waals surface area contributed by atoms with E-state index in [0.29, 0.717) is 34.5 Å². The van der Waals surface area contributed by atoms with Crippen molar-refractivity contribution < 1.29 is 28.8 Å².